The van der Waals surface area contributed by atoms with Crippen LogP contribution in [0.4, 0.5) is 0 Å². The summed E-state index contributed by atoms with van der Waals surface area (Å²) >= 11 is 2.94. The van der Waals surface area contributed by atoms with Crippen LogP contribution in [-0.2, 0) is 6.54 Å². The van der Waals surface area contributed by atoms with Crippen molar-refractivity contribution in [3.63, 3.8) is 0 Å². The van der Waals surface area contributed by atoms with Gasteiger partial charge in [-0.2, -0.15) is 0 Å². The van der Waals surface area contributed by atoms with E-state index in [4.69, 9.17) is 0 Å². The molecule has 20 heavy (non-hydrogen) atoms. The number of fused-ring (bicyclic) bond motifs is 1. The van der Waals surface area contributed by atoms with E-state index >= 15 is 0 Å². The molecule has 0 saturated carbocycles. The summed E-state index contributed by atoms with van der Waals surface area (Å²) < 4.78 is 1.46. The quantitative estimate of drug-likeness (QED) is 0.805. The second-order valence-electron chi connectivity index (χ2n) is 4.23. The van der Waals surface area contributed by atoms with Gasteiger partial charge in [0.1, 0.15) is 5.56 Å². The number of hydrogen-bond acceptors (Lipinski definition) is 5. The van der Waals surface area contributed by atoms with Crippen molar-refractivity contribution >= 4 is 33.5 Å². The number of nitrogens with one attached hydrogen (secondary N) is 1. The van der Waals surface area contributed by atoms with Crippen molar-refractivity contribution in [3.05, 3.63) is 55.6 Å². The number of aromatic nitrogens is 2. The summed E-state index contributed by atoms with van der Waals surface area (Å²) in [5.74, 6) is -0.393. The van der Waals surface area contributed by atoms with E-state index in [1.54, 1.807) is 11.3 Å². The lowest BCUT2D eigenvalue weighted by Gasteiger charge is -2.03. The van der Waals surface area contributed by atoms with Crippen LogP contribution >= 0.6 is 22.7 Å². The summed E-state index contributed by atoms with van der Waals surface area (Å²) in [5, 5.41) is 6.53. The Morgan fingerprint density at radius 1 is 1.45 bits per heavy atom. The summed E-state index contributed by atoms with van der Waals surface area (Å²) in [4.78, 5) is 30.2. The van der Waals surface area contributed by atoms with Crippen molar-refractivity contribution in [2.75, 3.05) is 0 Å². The number of carbonyl (C=O) groups is 1. The third-order valence-corrected chi connectivity index (χ3v) is 4.70. The molecule has 0 atom stereocenters. The summed E-state index contributed by atoms with van der Waals surface area (Å²) in [6.07, 6.45) is 1.34. The number of thiazole rings is 1. The number of amides is 1. The molecular formula is C13H11N3O2S2. The Balaban J connectivity index is 1.89. The Hall–Kier alpha value is -1.99. The maximum Gasteiger partial charge on any atom is 0.271 e. The van der Waals surface area contributed by atoms with E-state index in [0.717, 1.165) is 10.6 Å². The zero-order valence-electron chi connectivity index (χ0n) is 10.6. The Kier molecular flexibility index (Phi) is 3.37. The van der Waals surface area contributed by atoms with Gasteiger partial charge in [0.05, 0.1) is 6.54 Å². The highest BCUT2D eigenvalue weighted by Gasteiger charge is 2.14. The lowest BCUT2D eigenvalue weighted by Crippen LogP contribution is -2.31. The highest BCUT2D eigenvalue weighted by Crippen LogP contribution is 2.11. The molecule has 5 nitrogen and oxygen atoms in total. The van der Waals surface area contributed by atoms with E-state index in [0.29, 0.717) is 11.5 Å². The first-order valence-electron chi connectivity index (χ1n) is 5.93. The van der Waals surface area contributed by atoms with Crippen LogP contribution in [0.1, 0.15) is 20.9 Å². The Morgan fingerprint density at radius 3 is 3.05 bits per heavy atom. The zero-order chi connectivity index (χ0) is 14.1. The highest BCUT2D eigenvalue weighted by molar-refractivity contribution is 7.15. The minimum Gasteiger partial charge on any atom is -0.347 e. The molecule has 0 radical (unpaired) electrons. The lowest BCUT2D eigenvalue weighted by atomic mass is 10.3. The third kappa shape index (κ3) is 2.25. The van der Waals surface area contributed by atoms with E-state index < -0.39 is 5.91 Å². The van der Waals surface area contributed by atoms with Crippen molar-refractivity contribution in [1.29, 1.82) is 0 Å². The van der Waals surface area contributed by atoms with Crippen LogP contribution in [0.5, 0.6) is 0 Å². The number of aryl methyl sites for hydroxylation is 1. The van der Waals surface area contributed by atoms with Crippen molar-refractivity contribution in [2.24, 2.45) is 0 Å². The van der Waals surface area contributed by atoms with E-state index in [-0.39, 0.29) is 11.1 Å². The fourth-order valence-corrected chi connectivity index (χ4v) is 3.33. The molecule has 0 saturated heterocycles. The molecular weight excluding hydrogens is 294 g/mol. The van der Waals surface area contributed by atoms with Crippen LogP contribution in [0.3, 0.4) is 0 Å². The van der Waals surface area contributed by atoms with Crippen molar-refractivity contribution in [2.45, 2.75) is 13.5 Å². The van der Waals surface area contributed by atoms with Gasteiger partial charge >= 0.3 is 0 Å². The average molecular weight is 305 g/mol. The molecule has 3 heterocycles. The molecule has 0 unspecified atom stereocenters. The van der Waals surface area contributed by atoms with Crippen LogP contribution in [0, 0.1) is 6.92 Å². The normalized spacial score (nSPS) is 10.8. The SMILES string of the molecule is Cc1csc2ncc(C(=O)NCc3cccs3)c(=O)n12. The maximum absolute atomic E-state index is 12.3. The monoisotopic (exact) mass is 305 g/mol. The Bertz CT molecular complexity index is 818. The number of rotatable bonds is 3. The topological polar surface area (TPSA) is 63.5 Å². The summed E-state index contributed by atoms with van der Waals surface area (Å²) in [5.41, 5.74) is 0.536. The predicted octanol–water partition coefficient (Wildman–Crippen LogP) is 2.06. The largest absolute Gasteiger partial charge is 0.347 e. The first-order chi connectivity index (χ1) is 9.66. The Morgan fingerprint density at radius 2 is 2.30 bits per heavy atom. The standard InChI is InChI=1S/C13H11N3O2S2/c1-8-7-20-13-15-6-10(12(18)16(8)13)11(17)14-5-9-3-2-4-19-9/h2-4,6-7H,5H2,1H3,(H,14,17). The highest BCUT2D eigenvalue weighted by atomic mass is 32.1. The van der Waals surface area contributed by atoms with Gasteiger partial charge in [-0.25, -0.2) is 4.98 Å². The summed E-state index contributed by atoms with van der Waals surface area (Å²) in [7, 11) is 0. The van der Waals surface area contributed by atoms with Crippen LogP contribution in [0.25, 0.3) is 4.96 Å². The van der Waals surface area contributed by atoms with Gasteiger partial charge in [0.15, 0.2) is 4.96 Å². The second-order valence-corrected chi connectivity index (χ2v) is 6.10. The van der Waals surface area contributed by atoms with Gasteiger partial charge in [-0.3, -0.25) is 14.0 Å². The molecule has 1 N–H and O–H groups in total. The number of hydrogen-bond donors (Lipinski definition) is 1. The molecule has 3 aromatic heterocycles. The molecule has 0 aliphatic carbocycles. The Labute approximate surface area is 122 Å². The van der Waals surface area contributed by atoms with Crippen LogP contribution in [0.15, 0.2) is 33.9 Å². The smallest absolute Gasteiger partial charge is 0.271 e. The molecule has 0 aliphatic heterocycles. The second kappa shape index (κ2) is 5.18. The van der Waals surface area contributed by atoms with Crippen LogP contribution in [-0.4, -0.2) is 15.3 Å². The molecule has 0 bridgehead atoms. The van der Waals surface area contributed by atoms with Gasteiger partial charge in [0.2, 0.25) is 0 Å². The third-order valence-electron chi connectivity index (χ3n) is 2.86. The van der Waals surface area contributed by atoms with Gasteiger partial charge in [-0.15, -0.1) is 22.7 Å². The molecule has 3 aromatic rings. The molecule has 0 aliphatic rings. The van der Waals surface area contributed by atoms with Crippen molar-refractivity contribution < 1.29 is 4.79 Å². The van der Waals surface area contributed by atoms with E-state index in [1.165, 1.54) is 21.9 Å². The fourth-order valence-electron chi connectivity index (χ4n) is 1.86. The molecule has 102 valence electrons. The first-order valence-corrected chi connectivity index (χ1v) is 7.69. The van der Waals surface area contributed by atoms with E-state index in [2.05, 4.69) is 10.3 Å². The lowest BCUT2D eigenvalue weighted by molar-refractivity contribution is 0.0949. The summed E-state index contributed by atoms with van der Waals surface area (Å²) in [6.45, 7) is 2.24. The van der Waals surface area contributed by atoms with E-state index in [1.807, 2.05) is 29.8 Å². The van der Waals surface area contributed by atoms with Crippen molar-refractivity contribution in [1.82, 2.24) is 14.7 Å². The first kappa shape index (κ1) is 13.0. The average Bonchev–Trinajstić information content (AvgIpc) is 3.07. The van der Waals surface area contributed by atoms with E-state index in [9.17, 15) is 9.59 Å². The molecule has 1 amide bonds. The zero-order valence-corrected chi connectivity index (χ0v) is 12.3. The minimum atomic E-state index is -0.393. The molecule has 0 spiro atoms. The van der Waals surface area contributed by atoms with Gasteiger partial charge in [-0.05, 0) is 18.4 Å². The fraction of sp³-hybridized carbons (Fsp3) is 0.154. The molecule has 0 aromatic carbocycles. The summed E-state index contributed by atoms with van der Waals surface area (Å²) in [6, 6.07) is 3.85. The molecule has 3 rings (SSSR count). The number of nitrogens with zero attached hydrogens (tertiary/aromatic N) is 2. The number of thiophene rings is 1. The van der Waals surface area contributed by atoms with Crippen molar-refractivity contribution in [3.8, 4) is 0 Å². The van der Waals surface area contributed by atoms with Gasteiger partial charge in [0, 0.05) is 22.1 Å². The molecule has 7 heteroatoms. The van der Waals surface area contributed by atoms with Gasteiger partial charge in [-0.1, -0.05) is 6.07 Å². The predicted molar refractivity (Wildman–Crippen MR) is 79.6 cm³/mol. The van der Waals surface area contributed by atoms with Gasteiger partial charge < -0.3 is 5.32 Å². The van der Waals surface area contributed by atoms with Gasteiger partial charge in [0.25, 0.3) is 11.5 Å². The number of carbonyl (C=O) groups excluding carboxylic acids is 1. The van der Waals surface area contributed by atoms with Crippen LogP contribution in [0.2, 0.25) is 0 Å². The molecule has 0 fully saturated rings. The van der Waals surface area contributed by atoms with Crippen LogP contribution < -0.4 is 10.9 Å². The maximum atomic E-state index is 12.3. The minimum absolute atomic E-state index is 0.0700.